The number of ether oxygens (including phenoxy) is 2. The normalized spacial score (nSPS) is 12.5. The van der Waals surface area contributed by atoms with E-state index in [4.69, 9.17) is 9.47 Å². The highest BCUT2D eigenvalue weighted by Crippen LogP contribution is 2.16. The first-order valence-corrected chi connectivity index (χ1v) is 27.6. The quantitative estimate of drug-likeness (QED) is 0.0596. The van der Waals surface area contributed by atoms with Gasteiger partial charge in [-0.15, -0.1) is 0 Å². The number of aliphatic hydroxyl groups excluding tert-OH is 2. The lowest BCUT2D eigenvalue weighted by Crippen LogP contribution is -2.21. The van der Waals surface area contributed by atoms with Gasteiger partial charge < -0.3 is 19.7 Å². The van der Waals surface area contributed by atoms with Crippen LogP contribution in [0.5, 0.6) is 0 Å². The highest BCUT2D eigenvalue weighted by molar-refractivity contribution is 7.99. The molecule has 0 heterocycles. The van der Waals surface area contributed by atoms with E-state index in [1.54, 1.807) is 0 Å². The minimum absolute atomic E-state index is 0.0395. The first kappa shape index (κ1) is 58.6. The summed E-state index contributed by atoms with van der Waals surface area (Å²) in [4.78, 5) is 0. The van der Waals surface area contributed by atoms with Gasteiger partial charge in [-0.05, 0) is 37.2 Å². The van der Waals surface area contributed by atoms with Gasteiger partial charge in [-0.3, -0.25) is 0 Å². The summed E-state index contributed by atoms with van der Waals surface area (Å²) in [6, 6.07) is 0. The number of hydrogen-bond donors (Lipinski definition) is 2. The lowest BCUT2D eigenvalue weighted by atomic mass is 10.1. The molecule has 0 amide bonds. The lowest BCUT2D eigenvalue weighted by molar-refractivity contribution is 0.0260. The number of hydrogen-bond acceptors (Lipinski definition) is 6. The van der Waals surface area contributed by atoms with Crippen molar-refractivity contribution in [2.45, 2.75) is 271 Å². The maximum Gasteiger partial charge on any atom is 0.0895 e. The fourth-order valence-electron chi connectivity index (χ4n) is 7.09. The molecule has 0 unspecified atom stereocenters. The third-order valence-corrected chi connectivity index (χ3v) is 13.4. The van der Waals surface area contributed by atoms with Gasteiger partial charge in [0.1, 0.15) is 0 Å². The van der Waals surface area contributed by atoms with Crippen molar-refractivity contribution in [2.75, 3.05) is 49.4 Å². The van der Waals surface area contributed by atoms with Crippen molar-refractivity contribution < 1.29 is 19.7 Å². The molecule has 0 aliphatic rings. The van der Waals surface area contributed by atoms with Crippen molar-refractivity contribution in [1.29, 1.82) is 0 Å². The molecule has 0 fully saturated rings. The van der Waals surface area contributed by atoms with E-state index in [1.807, 2.05) is 23.5 Å². The Morgan fingerprint density at radius 3 is 0.750 bits per heavy atom. The molecule has 0 radical (unpaired) electrons. The number of thioether (sulfide) groups is 2. The van der Waals surface area contributed by atoms with Crippen LogP contribution in [0, 0.1) is 0 Å². The minimum atomic E-state index is 0.0395. The lowest BCUT2D eigenvalue weighted by Gasteiger charge is -2.15. The van der Waals surface area contributed by atoms with E-state index in [9.17, 15) is 10.2 Å². The van der Waals surface area contributed by atoms with Crippen molar-refractivity contribution in [1.82, 2.24) is 0 Å². The van der Waals surface area contributed by atoms with E-state index in [0.29, 0.717) is 0 Å². The van der Waals surface area contributed by atoms with Crippen molar-refractivity contribution in [3.8, 4) is 0 Å². The molecule has 0 bridgehead atoms. The van der Waals surface area contributed by atoms with Crippen molar-refractivity contribution in [3.05, 3.63) is 0 Å². The van der Waals surface area contributed by atoms with E-state index >= 15 is 0 Å². The average molecular weight is 834 g/mol. The van der Waals surface area contributed by atoms with Gasteiger partial charge in [-0.25, -0.2) is 0 Å². The van der Waals surface area contributed by atoms with E-state index in [0.717, 1.165) is 37.6 Å². The molecular weight excluding hydrogens is 729 g/mol. The van der Waals surface area contributed by atoms with Gasteiger partial charge in [0.2, 0.25) is 0 Å². The first-order valence-electron chi connectivity index (χ1n) is 25.3. The van der Waals surface area contributed by atoms with E-state index in [-0.39, 0.29) is 25.4 Å². The van der Waals surface area contributed by atoms with E-state index in [1.165, 1.54) is 230 Å². The summed E-state index contributed by atoms with van der Waals surface area (Å²) in [6.45, 7) is 11.1. The largest absolute Gasteiger partial charge is 0.394 e. The van der Waals surface area contributed by atoms with Crippen LogP contribution in [0.1, 0.15) is 259 Å². The van der Waals surface area contributed by atoms with Crippen molar-refractivity contribution >= 4 is 23.5 Å². The van der Waals surface area contributed by atoms with E-state index in [2.05, 4.69) is 27.7 Å². The van der Waals surface area contributed by atoms with Crippen LogP contribution < -0.4 is 0 Å². The van der Waals surface area contributed by atoms with Gasteiger partial charge in [0.15, 0.2) is 0 Å². The van der Waals surface area contributed by atoms with Crippen LogP contribution in [0.15, 0.2) is 0 Å². The molecule has 2 N–H and O–H groups in total. The molecule has 0 aliphatic carbocycles. The SMILES string of the molecule is CCCCCCCCCCCCSC[C@@H](CO)OCCCCCCCCCC.CCCCCCCCCCCCSC[C@H](CO)OCCCCCCCCCC. The second-order valence-corrected chi connectivity index (χ2v) is 19.1. The molecule has 0 spiro atoms. The molecule has 0 rings (SSSR count). The van der Waals surface area contributed by atoms with Gasteiger partial charge in [0, 0.05) is 24.7 Å². The molecule has 56 heavy (non-hydrogen) atoms. The molecule has 0 aromatic carbocycles. The Morgan fingerprint density at radius 2 is 0.518 bits per heavy atom. The van der Waals surface area contributed by atoms with Crippen LogP contribution in [0.2, 0.25) is 0 Å². The molecule has 0 aromatic rings. The van der Waals surface area contributed by atoms with Gasteiger partial charge in [0.05, 0.1) is 25.4 Å². The number of unbranched alkanes of at least 4 members (excludes halogenated alkanes) is 32. The Bertz CT molecular complexity index is 601. The second-order valence-electron chi connectivity index (χ2n) is 16.8. The fourth-order valence-corrected chi connectivity index (χ4v) is 9.17. The molecule has 0 saturated heterocycles. The van der Waals surface area contributed by atoms with Gasteiger partial charge in [0.25, 0.3) is 0 Å². The monoisotopic (exact) mass is 833 g/mol. The summed E-state index contributed by atoms with van der Waals surface area (Å²) in [7, 11) is 0. The maximum absolute atomic E-state index is 9.49. The molecule has 0 saturated carbocycles. The van der Waals surface area contributed by atoms with Crippen LogP contribution in [-0.4, -0.2) is 71.9 Å². The third-order valence-electron chi connectivity index (χ3n) is 11.0. The summed E-state index contributed by atoms with van der Waals surface area (Å²) in [5, 5.41) is 19.0. The molecule has 4 nitrogen and oxygen atoms in total. The molecule has 6 heteroatoms. The fraction of sp³-hybridized carbons (Fsp3) is 1.00. The summed E-state index contributed by atoms with van der Waals surface area (Å²) in [5.74, 6) is 4.33. The molecule has 0 aliphatic heterocycles. The zero-order valence-corrected chi connectivity index (χ0v) is 40.4. The van der Waals surface area contributed by atoms with Crippen LogP contribution in [-0.2, 0) is 9.47 Å². The van der Waals surface area contributed by atoms with Crippen LogP contribution in [0.4, 0.5) is 0 Å². The second kappa shape index (κ2) is 55.5. The molecule has 2 atom stereocenters. The van der Waals surface area contributed by atoms with Crippen molar-refractivity contribution in [2.24, 2.45) is 0 Å². The predicted molar refractivity (Wildman–Crippen MR) is 257 cm³/mol. The summed E-state index contributed by atoms with van der Waals surface area (Å²) < 4.78 is 11.7. The third kappa shape index (κ3) is 52.6. The molecule has 340 valence electrons. The predicted octanol–water partition coefficient (Wildman–Crippen LogP) is 16.3. The van der Waals surface area contributed by atoms with Crippen LogP contribution in [0.3, 0.4) is 0 Å². The Morgan fingerprint density at radius 1 is 0.304 bits per heavy atom. The van der Waals surface area contributed by atoms with Gasteiger partial charge >= 0.3 is 0 Å². The summed E-state index contributed by atoms with van der Waals surface area (Å²) >= 11 is 3.92. The Labute approximate surface area is 362 Å². The van der Waals surface area contributed by atoms with Crippen molar-refractivity contribution in [3.63, 3.8) is 0 Å². The van der Waals surface area contributed by atoms with E-state index < -0.39 is 0 Å². The van der Waals surface area contributed by atoms with Crippen LogP contribution in [0.25, 0.3) is 0 Å². The number of rotatable bonds is 48. The average Bonchev–Trinajstić information content (AvgIpc) is 3.21. The zero-order valence-electron chi connectivity index (χ0n) is 38.8. The Hall–Kier alpha value is 0.540. The molecule has 0 aromatic heterocycles. The first-order chi connectivity index (χ1) is 27.7. The topological polar surface area (TPSA) is 58.9 Å². The van der Waals surface area contributed by atoms with Gasteiger partial charge in [-0.2, -0.15) is 23.5 Å². The highest BCUT2D eigenvalue weighted by Gasteiger charge is 2.09. The maximum atomic E-state index is 9.49. The highest BCUT2D eigenvalue weighted by atomic mass is 32.2. The summed E-state index contributed by atoms with van der Waals surface area (Å²) in [6.07, 6.45) is 49.3. The zero-order chi connectivity index (χ0) is 41.1. The summed E-state index contributed by atoms with van der Waals surface area (Å²) in [5.41, 5.74) is 0. The smallest absolute Gasteiger partial charge is 0.0895 e. The minimum Gasteiger partial charge on any atom is -0.394 e. The Balaban J connectivity index is 0. The standard InChI is InChI=1S/2C25H52O2S/c2*1-3-5-7-9-11-13-14-16-18-20-22-28-24-25(23-26)27-21-19-17-15-12-10-8-6-4-2/h2*25-26H,3-24H2,1-2H3/t2*25-/m10/s1. The molecular formula is C50H104O4S2. The van der Waals surface area contributed by atoms with Crippen LogP contribution >= 0.6 is 23.5 Å². The van der Waals surface area contributed by atoms with Gasteiger partial charge in [-0.1, -0.05) is 233 Å². The number of aliphatic hydroxyl groups is 2. The Kier molecular flexibility index (Phi) is 58.2.